The van der Waals surface area contributed by atoms with Crippen molar-refractivity contribution in [3.05, 3.63) is 35.1 Å². The van der Waals surface area contributed by atoms with Crippen LogP contribution in [0.2, 0.25) is 0 Å². The molecule has 1 aromatic rings. The molecule has 0 saturated carbocycles. The number of rotatable bonds is 6. The van der Waals surface area contributed by atoms with Crippen molar-refractivity contribution in [1.29, 1.82) is 0 Å². The fourth-order valence-corrected chi connectivity index (χ4v) is 2.84. The molecular weight excluding hydrogens is 233 g/mol. The molecule has 0 fully saturated rings. The minimum Gasteiger partial charge on any atom is -0.312 e. The van der Waals surface area contributed by atoms with Crippen molar-refractivity contribution < 1.29 is 4.39 Å². The van der Waals surface area contributed by atoms with Crippen molar-refractivity contribution in [2.45, 2.75) is 38.5 Å². The average Bonchev–Trinajstić information content (AvgIpc) is 2.31. The van der Waals surface area contributed by atoms with E-state index in [1.807, 2.05) is 31.8 Å². The van der Waals surface area contributed by atoms with Crippen LogP contribution in [0, 0.1) is 12.7 Å². The molecule has 1 aromatic carbocycles. The molecule has 0 amide bonds. The molecule has 0 spiro atoms. The zero-order chi connectivity index (χ0) is 12.8. The monoisotopic (exact) mass is 255 g/mol. The van der Waals surface area contributed by atoms with Gasteiger partial charge >= 0.3 is 0 Å². The van der Waals surface area contributed by atoms with Gasteiger partial charge in [-0.15, -0.1) is 0 Å². The van der Waals surface area contributed by atoms with Gasteiger partial charge in [0.1, 0.15) is 5.82 Å². The third-order valence-corrected chi connectivity index (χ3v) is 4.51. The third-order valence-electron chi connectivity index (χ3n) is 3.08. The summed E-state index contributed by atoms with van der Waals surface area (Å²) in [6.07, 6.45) is 1.18. The molecule has 1 nitrogen and oxygen atoms in total. The number of benzene rings is 1. The van der Waals surface area contributed by atoms with Crippen LogP contribution in [-0.4, -0.2) is 18.1 Å². The van der Waals surface area contributed by atoms with E-state index in [-0.39, 0.29) is 5.82 Å². The van der Waals surface area contributed by atoms with Crippen molar-refractivity contribution in [1.82, 2.24) is 5.32 Å². The average molecular weight is 255 g/mol. The van der Waals surface area contributed by atoms with E-state index in [9.17, 15) is 4.39 Å². The van der Waals surface area contributed by atoms with E-state index in [1.165, 1.54) is 12.0 Å². The zero-order valence-corrected chi connectivity index (χ0v) is 11.9. The highest BCUT2D eigenvalue weighted by Crippen LogP contribution is 2.25. The number of aryl methyl sites for hydroxylation is 1. The molecule has 96 valence electrons. The summed E-state index contributed by atoms with van der Waals surface area (Å²) >= 11 is 1.96. The van der Waals surface area contributed by atoms with Crippen molar-refractivity contribution >= 4 is 11.8 Å². The minimum absolute atomic E-state index is 0.157. The molecule has 0 aliphatic heterocycles. The highest BCUT2D eigenvalue weighted by molar-refractivity contribution is 7.99. The van der Waals surface area contributed by atoms with Crippen molar-refractivity contribution in [2.24, 2.45) is 0 Å². The summed E-state index contributed by atoms with van der Waals surface area (Å²) in [7, 11) is 1.96. The van der Waals surface area contributed by atoms with Crippen LogP contribution in [0.1, 0.15) is 37.4 Å². The van der Waals surface area contributed by atoms with Crippen molar-refractivity contribution in [3.63, 3.8) is 0 Å². The molecule has 1 rings (SSSR count). The largest absolute Gasteiger partial charge is 0.312 e. The summed E-state index contributed by atoms with van der Waals surface area (Å²) in [5, 5.41) is 3.99. The van der Waals surface area contributed by atoms with Crippen molar-refractivity contribution in [2.75, 3.05) is 12.8 Å². The van der Waals surface area contributed by atoms with Gasteiger partial charge in [0.25, 0.3) is 0 Å². The molecular formula is C14H22FNS. The summed E-state index contributed by atoms with van der Waals surface area (Å²) in [5.74, 6) is 0.869. The Labute approximate surface area is 108 Å². The predicted octanol–water partition coefficient (Wildman–Crippen LogP) is 3.93. The van der Waals surface area contributed by atoms with Crippen LogP contribution in [-0.2, 0) is 0 Å². The van der Waals surface area contributed by atoms with Gasteiger partial charge < -0.3 is 5.32 Å². The zero-order valence-electron chi connectivity index (χ0n) is 11.1. The Balaban J connectivity index is 2.72. The Bertz CT molecular complexity index is 354. The first-order valence-electron chi connectivity index (χ1n) is 6.13. The lowest BCUT2D eigenvalue weighted by atomic mass is 10.0. The molecule has 0 aliphatic carbocycles. The molecule has 0 aromatic heterocycles. The second kappa shape index (κ2) is 7.02. The van der Waals surface area contributed by atoms with Gasteiger partial charge in [0.15, 0.2) is 0 Å². The van der Waals surface area contributed by atoms with Gasteiger partial charge in [0, 0.05) is 17.0 Å². The molecule has 2 unspecified atom stereocenters. The maximum Gasteiger partial charge on any atom is 0.123 e. The van der Waals surface area contributed by atoms with Crippen LogP contribution < -0.4 is 5.32 Å². The summed E-state index contributed by atoms with van der Waals surface area (Å²) in [5.41, 5.74) is 2.22. The van der Waals surface area contributed by atoms with Crippen LogP contribution in [0.25, 0.3) is 0 Å². The number of nitrogens with one attached hydrogen (secondary N) is 1. The predicted molar refractivity (Wildman–Crippen MR) is 75.1 cm³/mol. The van der Waals surface area contributed by atoms with Crippen LogP contribution in [0.15, 0.2) is 18.2 Å². The molecule has 1 N–H and O–H groups in total. The molecule has 0 aliphatic rings. The van der Waals surface area contributed by atoms with E-state index in [2.05, 4.69) is 19.2 Å². The van der Waals surface area contributed by atoms with E-state index in [0.717, 1.165) is 11.3 Å². The summed E-state index contributed by atoms with van der Waals surface area (Å²) in [6.45, 7) is 6.42. The fraction of sp³-hybridized carbons (Fsp3) is 0.571. The van der Waals surface area contributed by atoms with Crippen molar-refractivity contribution in [3.8, 4) is 0 Å². The highest BCUT2D eigenvalue weighted by Gasteiger charge is 2.13. The lowest BCUT2D eigenvalue weighted by Crippen LogP contribution is -2.20. The second-order valence-corrected chi connectivity index (χ2v) is 5.87. The topological polar surface area (TPSA) is 12.0 Å². The van der Waals surface area contributed by atoms with Crippen LogP contribution in [0.4, 0.5) is 4.39 Å². The summed E-state index contributed by atoms with van der Waals surface area (Å²) < 4.78 is 13.1. The molecule has 0 heterocycles. The van der Waals surface area contributed by atoms with Crippen LogP contribution >= 0.6 is 11.8 Å². The molecule has 0 saturated heterocycles. The quantitative estimate of drug-likeness (QED) is 0.826. The minimum atomic E-state index is -0.157. The Kier molecular flexibility index (Phi) is 6.00. The highest BCUT2D eigenvalue weighted by atomic mass is 32.2. The lowest BCUT2D eigenvalue weighted by Gasteiger charge is -2.20. The van der Waals surface area contributed by atoms with Gasteiger partial charge in [-0.2, -0.15) is 11.8 Å². The Hall–Kier alpha value is -0.540. The maximum absolute atomic E-state index is 13.1. The van der Waals surface area contributed by atoms with Gasteiger partial charge in [-0.3, -0.25) is 0 Å². The number of thioether (sulfide) groups is 1. The second-order valence-electron chi connectivity index (χ2n) is 4.39. The first-order valence-corrected chi connectivity index (χ1v) is 7.18. The van der Waals surface area contributed by atoms with Gasteiger partial charge in [-0.05, 0) is 43.7 Å². The molecule has 17 heavy (non-hydrogen) atoms. The van der Waals surface area contributed by atoms with Crippen LogP contribution in [0.3, 0.4) is 0 Å². The molecule has 0 radical (unpaired) electrons. The first kappa shape index (κ1) is 14.5. The first-order chi connectivity index (χ1) is 8.08. The van der Waals surface area contributed by atoms with E-state index in [4.69, 9.17) is 0 Å². The standard InChI is InChI=1S/C14H22FNS/c1-5-11(3)17-9-14(16-4)13-7-6-12(15)8-10(13)2/h6-8,11,14,16H,5,9H2,1-4H3. The van der Waals surface area contributed by atoms with Gasteiger partial charge in [0.2, 0.25) is 0 Å². The number of hydrogen-bond donors (Lipinski definition) is 1. The van der Waals surface area contributed by atoms with Gasteiger partial charge in [-0.1, -0.05) is 19.9 Å². The van der Waals surface area contributed by atoms with E-state index in [1.54, 1.807) is 12.1 Å². The lowest BCUT2D eigenvalue weighted by molar-refractivity contribution is 0.617. The third kappa shape index (κ3) is 4.32. The SMILES string of the molecule is CCC(C)SCC(NC)c1ccc(F)cc1C. The Morgan fingerprint density at radius 2 is 2.12 bits per heavy atom. The van der Waals surface area contributed by atoms with E-state index < -0.39 is 0 Å². The van der Waals surface area contributed by atoms with E-state index in [0.29, 0.717) is 11.3 Å². The number of hydrogen-bond acceptors (Lipinski definition) is 2. The van der Waals surface area contributed by atoms with Gasteiger partial charge in [-0.25, -0.2) is 4.39 Å². The summed E-state index contributed by atoms with van der Waals surface area (Å²) in [4.78, 5) is 0. The maximum atomic E-state index is 13.1. The Morgan fingerprint density at radius 1 is 1.41 bits per heavy atom. The van der Waals surface area contributed by atoms with Gasteiger partial charge in [0.05, 0.1) is 0 Å². The molecule has 2 atom stereocenters. The molecule has 0 bridgehead atoms. The Morgan fingerprint density at radius 3 is 2.65 bits per heavy atom. The fourth-order valence-electron chi connectivity index (χ4n) is 1.74. The molecule has 3 heteroatoms. The smallest absolute Gasteiger partial charge is 0.123 e. The van der Waals surface area contributed by atoms with E-state index >= 15 is 0 Å². The normalized spacial score (nSPS) is 14.6. The summed E-state index contributed by atoms with van der Waals surface area (Å²) in [6, 6.07) is 5.34. The number of halogens is 1. The van der Waals surface area contributed by atoms with Crippen LogP contribution in [0.5, 0.6) is 0 Å².